The minimum atomic E-state index is -0.409. The Morgan fingerprint density at radius 1 is 1.05 bits per heavy atom. The van der Waals surface area contributed by atoms with Gasteiger partial charge in [-0.1, -0.05) is 75.0 Å². The van der Waals surface area contributed by atoms with Gasteiger partial charge in [0, 0.05) is 10.4 Å². The fraction of sp³-hybridized carbons (Fsp3) is 0.444. The fourth-order valence-electron chi connectivity index (χ4n) is 2.85. The molecule has 0 amide bonds. The van der Waals surface area contributed by atoms with Crippen LogP contribution in [0.4, 0.5) is 0 Å². The van der Waals surface area contributed by atoms with E-state index in [0.717, 1.165) is 34.2 Å². The maximum atomic E-state index is 10.8. The highest BCUT2D eigenvalue weighted by molar-refractivity contribution is 6.35. The van der Waals surface area contributed by atoms with Crippen LogP contribution in [0.1, 0.15) is 51.2 Å². The summed E-state index contributed by atoms with van der Waals surface area (Å²) in [5.41, 5.74) is 1.01. The average Bonchev–Trinajstić information content (AvgIpc) is 2.48. The molecule has 108 valence electrons. The summed E-state index contributed by atoms with van der Waals surface area (Å²) in [7, 11) is 0. The first-order valence-corrected chi connectivity index (χ1v) is 7.92. The molecule has 2 aromatic carbocycles. The largest absolute Gasteiger partial charge is 0.388 e. The lowest BCUT2D eigenvalue weighted by Crippen LogP contribution is -2.12. The highest BCUT2D eigenvalue weighted by Gasteiger charge is 2.21. The van der Waals surface area contributed by atoms with Crippen LogP contribution in [-0.2, 0) is 0 Å². The third-order valence-corrected chi connectivity index (χ3v) is 4.45. The molecule has 0 fully saturated rings. The highest BCUT2D eigenvalue weighted by atomic mass is 35.5. The number of fused-ring (bicyclic) bond motifs is 1. The molecule has 2 aromatic rings. The van der Waals surface area contributed by atoms with E-state index in [9.17, 15) is 5.11 Å². The lowest BCUT2D eigenvalue weighted by Gasteiger charge is -2.23. The average molecular weight is 291 g/mol. The number of hydrogen-bond acceptors (Lipinski definition) is 1. The predicted octanol–water partition coefficient (Wildman–Crippen LogP) is 5.74. The fourth-order valence-corrected chi connectivity index (χ4v) is 3.08. The van der Waals surface area contributed by atoms with Gasteiger partial charge in [0.1, 0.15) is 0 Å². The number of unbranched alkanes of at least 4 members (excludes halogenated alkanes) is 1. The van der Waals surface area contributed by atoms with Crippen LogP contribution in [0, 0.1) is 5.92 Å². The van der Waals surface area contributed by atoms with Gasteiger partial charge in [-0.15, -0.1) is 0 Å². The molecule has 2 atom stereocenters. The molecule has 0 spiro atoms. The number of halogens is 1. The van der Waals surface area contributed by atoms with E-state index in [2.05, 4.69) is 13.8 Å². The molecule has 1 N–H and O–H groups in total. The zero-order valence-corrected chi connectivity index (χ0v) is 13.0. The summed E-state index contributed by atoms with van der Waals surface area (Å²) in [6.45, 7) is 4.35. The van der Waals surface area contributed by atoms with Gasteiger partial charge in [0.2, 0.25) is 0 Å². The summed E-state index contributed by atoms with van der Waals surface area (Å²) in [5, 5.41) is 13.6. The first-order valence-electron chi connectivity index (χ1n) is 7.54. The molecule has 0 heterocycles. The lowest BCUT2D eigenvalue weighted by molar-refractivity contribution is 0.100. The number of rotatable bonds is 6. The molecular weight excluding hydrogens is 268 g/mol. The van der Waals surface area contributed by atoms with Gasteiger partial charge in [-0.2, -0.15) is 0 Å². The molecule has 0 bridgehead atoms. The topological polar surface area (TPSA) is 20.2 Å². The Labute approximate surface area is 126 Å². The van der Waals surface area contributed by atoms with Gasteiger partial charge >= 0.3 is 0 Å². The second kappa shape index (κ2) is 7.10. The molecule has 0 aliphatic rings. The highest BCUT2D eigenvalue weighted by Crippen LogP contribution is 2.35. The van der Waals surface area contributed by atoms with Crippen molar-refractivity contribution in [3.63, 3.8) is 0 Å². The summed E-state index contributed by atoms with van der Waals surface area (Å²) >= 11 is 6.25. The Balaban J connectivity index is 2.38. The van der Waals surface area contributed by atoms with Gasteiger partial charge < -0.3 is 5.11 Å². The Morgan fingerprint density at radius 3 is 2.40 bits per heavy atom. The molecule has 1 nitrogen and oxygen atoms in total. The van der Waals surface area contributed by atoms with Crippen molar-refractivity contribution in [1.82, 2.24) is 0 Å². The van der Waals surface area contributed by atoms with Gasteiger partial charge in [0.25, 0.3) is 0 Å². The summed E-state index contributed by atoms with van der Waals surface area (Å²) in [6, 6.07) is 11.9. The molecule has 0 aliphatic carbocycles. The Bertz CT molecular complexity index is 564. The second-order valence-corrected chi connectivity index (χ2v) is 5.84. The molecule has 20 heavy (non-hydrogen) atoms. The monoisotopic (exact) mass is 290 g/mol. The van der Waals surface area contributed by atoms with Crippen molar-refractivity contribution in [2.24, 2.45) is 5.92 Å². The normalized spacial score (nSPS) is 14.4. The molecule has 2 unspecified atom stereocenters. The lowest BCUT2D eigenvalue weighted by atomic mass is 9.87. The second-order valence-electron chi connectivity index (χ2n) is 5.44. The first kappa shape index (κ1) is 15.3. The van der Waals surface area contributed by atoms with Gasteiger partial charge in [-0.25, -0.2) is 0 Å². The van der Waals surface area contributed by atoms with Crippen LogP contribution in [0.25, 0.3) is 10.8 Å². The van der Waals surface area contributed by atoms with E-state index < -0.39 is 6.10 Å². The van der Waals surface area contributed by atoms with E-state index in [1.807, 2.05) is 36.4 Å². The van der Waals surface area contributed by atoms with Crippen LogP contribution in [-0.4, -0.2) is 5.11 Å². The van der Waals surface area contributed by atoms with Crippen LogP contribution in [0.2, 0.25) is 5.02 Å². The Kier molecular flexibility index (Phi) is 5.45. The van der Waals surface area contributed by atoms with E-state index in [0.29, 0.717) is 5.92 Å². The third kappa shape index (κ3) is 3.16. The van der Waals surface area contributed by atoms with Gasteiger partial charge in [0.15, 0.2) is 0 Å². The van der Waals surface area contributed by atoms with Crippen molar-refractivity contribution in [2.45, 2.75) is 45.6 Å². The molecule has 2 heteroatoms. The van der Waals surface area contributed by atoms with E-state index >= 15 is 0 Å². The van der Waals surface area contributed by atoms with E-state index in [-0.39, 0.29) is 0 Å². The minimum absolute atomic E-state index is 0.319. The van der Waals surface area contributed by atoms with Crippen molar-refractivity contribution < 1.29 is 5.11 Å². The quantitative estimate of drug-likeness (QED) is 0.719. The van der Waals surface area contributed by atoms with Gasteiger partial charge in [0.05, 0.1) is 6.10 Å². The van der Waals surface area contributed by atoms with E-state index in [1.54, 1.807) is 0 Å². The van der Waals surface area contributed by atoms with Crippen molar-refractivity contribution in [2.75, 3.05) is 0 Å². The first-order chi connectivity index (χ1) is 9.69. The van der Waals surface area contributed by atoms with Crippen LogP contribution in [0.5, 0.6) is 0 Å². The zero-order chi connectivity index (χ0) is 14.5. The van der Waals surface area contributed by atoms with E-state index in [1.165, 1.54) is 12.8 Å². The van der Waals surface area contributed by atoms with Crippen LogP contribution >= 0.6 is 11.6 Å². The van der Waals surface area contributed by atoms with Crippen molar-refractivity contribution in [3.8, 4) is 0 Å². The van der Waals surface area contributed by atoms with Gasteiger partial charge in [-0.05, 0) is 29.4 Å². The van der Waals surface area contributed by atoms with E-state index in [4.69, 9.17) is 11.6 Å². The van der Waals surface area contributed by atoms with Gasteiger partial charge in [-0.3, -0.25) is 0 Å². The van der Waals surface area contributed by atoms with Crippen molar-refractivity contribution in [1.29, 1.82) is 0 Å². The zero-order valence-electron chi connectivity index (χ0n) is 12.3. The summed E-state index contributed by atoms with van der Waals surface area (Å²) in [6.07, 6.45) is 4.00. The standard InChI is InChI=1S/C18H23ClO/c1-3-5-8-13(4-2)18(20)16-11-12-17(19)15-10-7-6-9-14(15)16/h6-7,9-13,18,20H,3-5,8H2,1-2H3. The molecular formula is C18H23ClO. The van der Waals surface area contributed by atoms with Crippen molar-refractivity contribution in [3.05, 3.63) is 47.0 Å². The number of aliphatic hydroxyl groups excluding tert-OH is 1. The number of hydrogen-bond donors (Lipinski definition) is 1. The Morgan fingerprint density at radius 2 is 1.75 bits per heavy atom. The maximum absolute atomic E-state index is 10.8. The number of aliphatic hydroxyl groups is 1. The molecule has 0 radical (unpaired) electrons. The van der Waals surface area contributed by atoms with Crippen LogP contribution < -0.4 is 0 Å². The molecule has 2 rings (SSSR count). The molecule has 0 aromatic heterocycles. The minimum Gasteiger partial charge on any atom is -0.388 e. The molecule has 0 saturated heterocycles. The maximum Gasteiger partial charge on any atom is 0.0824 e. The SMILES string of the molecule is CCCCC(CC)C(O)c1ccc(Cl)c2ccccc12. The van der Waals surface area contributed by atoms with Crippen LogP contribution in [0.3, 0.4) is 0 Å². The van der Waals surface area contributed by atoms with Crippen LogP contribution in [0.15, 0.2) is 36.4 Å². The number of benzene rings is 2. The molecule has 0 aliphatic heterocycles. The smallest absolute Gasteiger partial charge is 0.0824 e. The third-order valence-electron chi connectivity index (χ3n) is 4.12. The summed E-state index contributed by atoms with van der Waals surface area (Å²) in [5.74, 6) is 0.319. The summed E-state index contributed by atoms with van der Waals surface area (Å²) in [4.78, 5) is 0. The predicted molar refractivity (Wildman–Crippen MR) is 87.2 cm³/mol. The Hall–Kier alpha value is -1.05. The summed E-state index contributed by atoms with van der Waals surface area (Å²) < 4.78 is 0. The molecule has 0 saturated carbocycles. The van der Waals surface area contributed by atoms with Crippen molar-refractivity contribution >= 4 is 22.4 Å².